The molecule has 0 amide bonds. The van der Waals surface area contributed by atoms with Gasteiger partial charge in [-0.3, -0.25) is 4.79 Å². The summed E-state index contributed by atoms with van der Waals surface area (Å²) >= 11 is -1.60. The molecule has 0 fully saturated rings. The maximum absolute atomic E-state index is 13.1. The molecule has 8 nitrogen and oxygen atoms in total. The smallest absolute Gasteiger partial charge is 0.313 e. The molecule has 1 unspecified atom stereocenters. The molecule has 9 heteroatoms. The molecule has 0 saturated carbocycles. The number of H-pyrrole nitrogens is 1. The van der Waals surface area contributed by atoms with Crippen LogP contribution in [0.15, 0.2) is 51.1 Å². The number of hydrogen-bond donors (Lipinski definition) is 2. The lowest BCUT2D eigenvalue weighted by molar-refractivity contribution is 0.201. The molecule has 144 valence electrons. The Kier molecular flexibility index (Phi) is 4.80. The molecule has 4 aromatic rings. The Morgan fingerprint density at radius 3 is 2.82 bits per heavy atom. The highest BCUT2D eigenvalue weighted by Crippen LogP contribution is 2.27. The second kappa shape index (κ2) is 7.27. The van der Waals surface area contributed by atoms with Crippen LogP contribution < -0.4 is 10.3 Å². The van der Waals surface area contributed by atoms with E-state index in [4.69, 9.17) is 9.84 Å². The molecular weight excluding hydrogens is 380 g/mol. The predicted molar refractivity (Wildman–Crippen MR) is 104 cm³/mol. The van der Waals surface area contributed by atoms with Gasteiger partial charge in [0.2, 0.25) is 5.65 Å². The number of hydrogen-bond acceptors (Lipinski definition) is 6. The number of nitrogens with one attached hydrogen (secondary N) is 1. The molecule has 0 saturated heterocycles. The molecule has 2 aromatic carbocycles. The van der Waals surface area contributed by atoms with Gasteiger partial charge in [-0.2, -0.15) is 4.52 Å². The Morgan fingerprint density at radius 2 is 2.07 bits per heavy atom. The Bertz CT molecular complexity index is 1230. The molecule has 2 N–H and O–H groups in total. The number of nitrogens with zero attached hydrogens (tertiary/aromatic N) is 3. The van der Waals surface area contributed by atoms with Crippen molar-refractivity contribution in [3.63, 3.8) is 0 Å². The average molecular weight is 398 g/mol. The number of rotatable bonds is 5. The van der Waals surface area contributed by atoms with E-state index in [0.29, 0.717) is 21.5 Å². The maximum atomic E-state index is 13.1. The fourth-order valence-corrected chi connectivity index (χ4v) is 4.26. The lowest BCUT2D eigenvalue weighted by atomic mass is 10.2. The summed E-state index contributed by atoms with van der Waals surface area (Å²) < 4.78 is 20.0. The normalized spacial score (nSPS) is 12.6. The maximum Gasteiger partial charge on any atom is 0.313 e. The van der Waals surface area contributed by atoms with Crippen LogP contribution in [-0.2, 0) is 11.2 Å². The lowest BCUT2D eigenvalue weighted by Crippen LogP contribution is -2.13. The third-order valence-electron chi connectivity index (χ3n) is 4.38. The summed E-state index contributed by atoms with van der Waals surface area (Å²) in [4.78, 5) is 15.9. The van der Waals surface area contributed by atoms with Crippen molar-refractivity contribution in [1.29, 1.82) is 0 Å². The number of fused-ring (bicyclic) bond motifs is 3. The van der Waals surface area contributed by atoms with Crippen molar-refractivity contribution in [2.45, 2.75) is 23.8 Å². The second-order valence-electron chi connectivity index (χ2n) is 6.40. The van der Waals surface area contributed by atoms with Crippen molar-refractivity contribution in [3.05, 3.63) is 57.9 Å². The van der Waals surface area contributed by atoms with E-state index in [1.165, 1.54) is 4.52 Å². The average Bonchev–Trinajstić information content (AvgIpc) is 3.09. The zero-order valence-corrected chi connectivity index (χ0v) is 16.1. The summed E-state index contributed by atoms with van der Waals surface area (Å²) in [6.45, 7) is 3.87. The van der Waals surface area contributed by atoms with Gasteiger partial charge in [0, 0.05) is 22.8 Å². The van der Waals surface area contributed by atoms with Crippen molar-refractivity contribution in [1.82, 2.24) is 19.8 Å². The minimum absolute atomic E-state index is 0.120. The summed E-state index contributed by atoms with van der Waals surface area (Å²) in [5, 5.41) is 17.7. The Labute approximate surface area is 163 Å². The molecule has 0 aliphatic carbocycles. The third kappa shape index (κ3) is 3.13. The minimum Gasteiger partial charge on any atom is -0.605 e. The number of aryl methyl sites for hydroxylation is 2. The first-order chi connectivity index (χ1) is 13.5. The van der Waals surface area contributed by atoms with Crippen LogP contribution in [0, 0.1) is 13.8 Å². The van der Waals surface area contributed by atoms with Crippen LogP contribution in [0.5, 0.6) is 5.75 Å². The number of aliphatic hydroxyl groups is 1. The summed E-state index contributed by atoms with van der Waals surface area (Å²) in [7, 11) is 0. The van der Waals surface area contributed by atoms with Crippen LogP contribution in [0.2, 0.25) is 0 Å². The highest BCUT2D eigenvalue weighted by molar-refractivity contribution is 7.91. The quantitative estimate of drug-likeness (QED) is 0.495. The van der Waals surface area contributed by atoms with E-state index in [1.807, 2.05) is 26.0 Å². The Balaban J connectivity index is 1.88. The number of benzene rings is 2. The van der Waals surface area contributed by atoms with Crippen molar-refractivity contribution in [2.75, 3.05) is 13.2 Å². The van der Waals surface area contributed by atoms with E-state index in [-0.39, 0.29) is 29.4 Å². The van der Waals surface area contributed by atoms with Crippen LogP contribution in [0.4, 0.5) is 0 Å². The lowest BCUT2D eigenvalue weighted by Gasteiger charge is -2.10. The topological polar surface area (TPSA) is 116 Å². The molecule has 28 heavy (non-hydrogen) atoms. The summed E-state index contributed by atoms with van der Waals surface area (Å²) in [5.74, 6) is 0.487. The van der Waals surface area contributed by atoms with Gasteiger partial charge < -0.3 is 19.4 Å². The number of aromatic amines is 1. The first kappa shape index (κ1) is 18.5. The zero-order valence-electron chi connectivity index (χ0n) is 15.3. The van der Waals surface area contributed by atoms with Gasteiger partial charge >= 0.3 is 5.03 Å². The predicted octanol–water partition coefficient (Wildman–Crippen LogP) is 1.73. The van der Waals surface area contributed by atoms with E-state index in [9.17, 15) is 9.35 Å². The SMILES string of the molecule is Cc1ccc([S+]([O-])c2nnn3c2[nH]c(=O)c2ccc(OCCO)cc23)c(C)c1. The molecule has 1 atom stereocenters. The van der Waals surface area contributed by atoms with Crippen LogP contribution >= 0.6 is 0 Å². The fraction of sp³-hybridized carbons (Fsp3) is 0.211. The van der Waals surface area contributed by atoms with Crippen LogP contribution in [0.25, 0.3) is 16.6 Å². The fourth-order valence-electron chi connectivity index (χ4n) is 3.09. The first-order valence-electron chi connectivity index (χ1n) is 8.63. The van der Waals surface area contributed by atoms with Crippen LogP contribution in [-0.4, -0.2) is 42.7 Å². The molecule has 4 rings (SSSR count). The molecule has 0 aliphatic heterocycles. The third-order valence-corrected chi connectivity index (χ3v) is 5.86. The second-order valence-corrected chi connectivity index (χ2v) is 7.76. The van der Waals surface area contributed by atoms with Crippen molar-refractivity contribution in [3.8, 4) is 5.75 Å². The summed E-state index contributed by atoms with van der Waals surface area (Å²) in [6.07, 6.45) is 0. The molecule has 0 spiro atoms. The van der Waals surface area contributed by atoms with Crippen molar-refractivity contribution in [2.24, 2.45) is 0 Å². The van der Waals surface area contributed by atoms with E-state index in [0.717, 1.165) is 11.1 Å². The van der Waals surface area contributed by atoms with E-state index >= 15 is 0 Å². The van der Waals surface area contributed by atoms with Gasteiger partial charge in [0.15, 0.2) is 4.90 Å². The molecule has 2 aromatic heterocycles. The van der Waals surface area contributed by atoms with Gasteiger partial charge in [-0.15, -0.1) is 0 Å². The minimum atomic E-state index is -1.60. The van der Waals surface area contributed by atoms with Gasteiger partial charge in [0.05, 0.1) is 17.5 Å². The van der Waals surface area contributed by atoms with E-state index in [2.05, 4.69) is 15.3 Å². The van der Waals surface area contributed by atoms with Crippen molar-refractivity contribution >= 4 is 27.7 Å². The highest BCUT2D eigenvalue weighted by atomic mass is 32.2. The Hall–Kier alpha value is -2.88. The van der Waals surface area contributed by atoms with Gasteiger partial charge in [-0.05, 0) is 32.0 Å². The van der Waals surface area contributed by atoms with Crippen molar-refractivity contribution < 1.29 is 14.4 Å². The Morgan fingerprint density at radius 1 is 1.25 bits per heavy atom. The molecule has 2 heterocycles. The number of ether oxygens (including phenoxy) is 1. The standard InChI is InChI=1S/C19H18N4O4S/c1-11-3-6-16(12(2)9-11)28(26)19-17-20-18(25)14-5-4-13(27-8-7-24)10-15(14)23(17)22-21-19/h3-6,9-10,24H,7-8H2,1-2H3,(H,20,25). The monoisotopic (exact) mass is 398 g/mol. The summed E-state index contributed by atoms with van der Waals surface area (Å²) in [5.41, 5.74) is 2.36. The van der Waals surface area contributed by atoms with E-state index < -0.39 is 11.2 Å². The molecular formula is C19H18N4O4S. The van der Waals surface area contributed by atoms with Crippen LogP contribution in [0.1, 0.15) is 11.1 Å². The number of aliphatic hydroxyl groups excluding tert-OH is 1. The largest absolute Gasteiger partial charge is 0.605 e. The zero-order chi connectivity index (χ0) is 19.8. The van der Waals surface area contributed by atoms with Gasteiger partial charge in [-0.1, -0.05) is 28.0 Å². The van der Waals surface area contributed by atoms with E-state index in [1.54, 1.807) is 24.3 Å². The molecule has 0 bridgehead atoms. The molecule has 0 aliphatic rings. The van der Waals surface area contributed by atoms with Gasteiger partial charge in [-0.25, -0.2) is 0 Å². The first-order valence-corrected chi connectivity index (χ1v) is 9.78. The summed E-state index contributed by atoms with van der Waals surface area (Å²) in [6, 6.07) is 10.5. The van der Waals surface area contributed by atoms with Gasteiger partial charge in [0.25, 0.3) is 5.56 Å². The van der Waals surface area contributed by atoms with Crippen LogP contribution in [0.3, 0.4) is 0 Å². The number of aromatic nitrogens is 4. The molecule has 0 radical (unpaired) electrons. The van der Waals surface area contributed by atoms with Gasteiger partial charge in [0.1, 0.15) is 12.4 Å². The highest BCUT2D eigenvalue weighted by Gasteiger charge is 2.26.